The fourth-order valence-electron chi connectivity index (χ4n) is 2.62. The number of para-hydroxylation sites is 1. The number of halogens is 2. The Balaban J connectivity index is 1.42. The first kappa shape index (κ1) is 18.6. The zero-order chi connectivity index (χ0) is 20.2. The Bertz CT molecular complexity index is 1140. The minimum absolute atomic E-state index is 0.0849. The van der Waals surface area contributed by atoms with Crippen LogP contribution in [0.1, 0.15) is 10.7 Å². The first-order valence-corrected chi connectivity index (χ1v) is 8.99. The van der Waals surface area contributed by atoms with Crippen LogP contribution in [0.2, 0.25) is 5.02 Å². The summed E-state index contributed by atoms with van der Waals surface area (Å²) < 4.78 is 18.9. The van der Waals surface area contributed by atoms with Gasteiger partial charge in [-0.05, 0) is 47.5 Å². The van der Waals surface area contributed by atoms with Crippen LogP contribution < -0.4 is 10.6 Å². The number of carbonyl (C=O) groups excluding carboxylic acids is 1. The van der Waals surface area contributed by atoms with Gasteiger partial charge in [-0.2, -0.15) is 0 Å². The molecule has 4 aromatic rings. The Hall–Kier alpha value is -3.71. The number of carbonyl (C=O) groups is 1. The maximum Gasteiger partial charge on any atom is 0.320 e. The SMILES string of the molecule is O=C(Nc1ccc(-c2ccc(Cl)cc2)cc1)c1nnc(Nc2ccccc2F)o1. The number of anilines is 3. The number of nitrogens with one attached hydrogen (secondary N) is 2. The van der Waals surface area contributed by atoms with E-state index in [1.54, 1.807) is 24.3 Å². The Morgan fingerprint density at radius 3 is 2.24 bits per heavy atom. The highest BCUT2D eigenvalue weighted by Gasteiger charge is 2.16. The molecule has 0 atom stereocenters. The van der Waals surface area contributed by atoms with Crippen molar-refractivity contribution in [2.24, 2.45) is 0 Å². The largest absolute Gasteiger partial charge is 0.399 e. The summed E-state index contributed by atoms with van der Waals surface area (Å²) in [6.45, 7) is 0. The first-order chi connectivity index (χ1) is 14.1. The Morgan fingerprint density at radius 1 is 0.897 bits per heavy atom. The van der Waals surface area contributed by atoms with E-state index in [1.165, 1.54) is 12.1 Å². The molecule has 0 aliphatic rings. The van der Waals surface area contributed by atoms with Gasteiger partial charge in [0.05, 0.1) is 5.69 Å². The topological polar surface area (TPSA) is 80.0 Å². The van der Waals surface area contributed by atoms with Crippen LogP contribution in [-0.4, -0.2) is 16.1 Å². The van der Waals surface area contributed by atoms with Crippen LogP contribution in [0.4, 0.5) is 21.8 Å². The molecule has 1 heterocycles. The molecule has 0 aliphatic heterocycles. The monoisotopic (exact) mass is 408 g/mol. The number of nitrogens with zero attached hydrogens (tertiary/aromatic N) is 2. The molecule has 4 rings (SSSR count). The molecule has 0 saturated carbocycles. The third-order valence-electron chi connectivity index (χ3n) is 4.06. The molecule has 6 nitrogen and oxygen atoms in total. The number of hydrogen-bond acceptors (Lipinski definition) is 5. The molecule has 0 unspecified atom stereocenters. The number of aromatic nitrogens is 2. The van der Waals surface area contributed by atoms with E-state index in [2.05, 4.69) is 20.8 Å². The van der Waals surface area contributed by atoms with Crippen LogP contribution in [0.5, 0.6) is 0 Å². The lowest BCUT2D eigenvalue weighted by atomic mass is 10.1. The molecule has 0 fully saturated rings. The predicted octanol–water partition coefficient (Wildman–Crippen LogP) is 5.53. The van der Waals surface area contributed by atoms with Crippen molar-refractivity contribution in [2.75, 3.05) is 10.6 Å². The zero-order valence-corrected chi connectivity index (χ0v) is 15.7. The van der Waals surface area contributed by atoms with Crippen LogP contribution in [0.3, 0.4) is 0 Å². The average Bonchev–Trinajstić information content (AvgIpc) is 3.20. The van der Waals surface area contributed by atoms with Crippen molar-refractivity contribution < 1.29 is 13.6 Å². The number of amides is 1. The van der Waals surface area contributed by atoms with E-state index in [9.17, 15) is 9.18 Å². The molecule has 2 N–H and O–H groups in total. The van der Waals surface area contributed by atoms with Gasteiger partial charge in [0, 0.05) is 10.7 Å². The molecular weight excluding hydrogens is 395 g/mol. The van der Waals surface area contributed by atoms with Gasteiger partial charge in [0.15, 0.2) is 0 Å². The lowest BCUT2D eigenvalue weighted by molar-refractivity contribution is 0.0991. The summed E-state index contributed by atoms with van der Waals surface area (Å²) in [6, 6.07) is 20.7. The van der Waals surface area contributed by atoms with Gasteiger partial charge < -0.3 is 15.1 Å². The molecule has 144 valence electrons. The van der Waals surface area contributed by atoms with Crippen molar-refractivity contribution in [1.29, 1.82) is 0 Å². The second-order valence-electron chi connectivity index (χ2n) is 6.06. The van der Waals surface area contributed by atoms with Gasteiger partial charge in [0.25, 0.3) is 0 Å². The van der Waals surface area contributed by atoms with Crippen LogP contribution in [0.15, 0.2) is 77.2 Å². The second kappa shape index (κ2) is 8.12. The molecule has 0 aliphatic carbocycles. The first-order valence-electron chi connectivity index (χ1n) is 8.61. The summed E-state index contributed by atoms with van der Waals surface area (Å²) in [5.41, 5.74) is 2.72. The van der Waals surface area contributed by atoms with Gasteiger partial charge in [0.1, 0.15) is 5.82 Å². The van der Waals surface area contributed by atoms with E-state index in [-0.39, 0.29) is 17.6 Å². The van der Waals surface area contributed by atoms with Gasteiger partial charge in [-0.3, -0.25) is 4.79 Å². The molecular formula is C21H14ClFN4O2. The Labute approximate surface area is 170 Å². The maximum atomic E-state index is 13.7. The smallest absolute Gasteiger partial charge is 0.320 e. The van der Waals surface area contributed by atoms with E-state index in [4.69, 9.17) is 16.0 Å². The lowest BCUT2D eigenvalue weighted by Crippen LogP contribution is -2.12. The molecule has 3 aromatic carbocycles. The van der Waals surface area contributed by atoms with Crippen molar-refractivity contribution >= 4 is 34.9 Å². The highest BCUT2D eigenvalue weighted by atomic mass is 35.5. The molecule has 0 bridgehead atoms. The standard InChI is InChI=1S/C21H14ClFN4O2/c22-15-9-5-13(6-10-15)14-7-11-16(12-8-14)24-19(28)20-26-27-21(29-20)25-18-4-2-1-3-17(18)23/h1-12H,(H,24,28)(H,25,27). The highest BCUT2D eigenvalue weighted by molar-refractivity contribution is 6.30. The van der Waals surface area contributed by atoms with Crippen LogP contribution >= 0.6 is 11.6 Å². The fourth-order valence-corrected chi connectivity index (χ4v) is 2.74. The summed E-state index contributed by atoms with van der Waals surface area (Å²) in [6.07, 6.45) is 0. The van der Waals surface area contributed by atoms with Crippen molar-refractivity contribution in [3.63, 3.8) is 0 Å². The van der Waals surface area contributed by atoms with Crippen LogP contribution in [-0.2, 0) is 0 Å². The third-order valence-corrected chi connectivity index (χ3v) is 4.31. The van der Waals surface area contributed by atoms with Gasteiger partial charge in [-0.15, -0.1) is 5.10 Å². The third kappa shape index (κ3) is 4.41. The van der Waals surface area contributed by atoms with E-state index in [1.807, 2.05) is 36.4 Å². The normalized spacial score (nSPS) is 10.6. The lowest BCUT2D eigenvalue weighted by Gasteiger charge is -2.05. The molecule has 0 spiro atoms. The minimum atomic E-state index is -0.571. The molecule has 8 heteroatoms. The highest BCUT2D eigenvalue weighted by Crippen LogP contribution is 2.24. The summed E-state index contributed by atoms with van der Waals surface area (Å²) in [4.78, 5) is 12.3. The summed E-state index contributed by atoms with van der Waals surface area (Å²) in [5, 5.41) is 13.4. The summed E-state index contributed by atoms with van der Waals surface area (Å²) in [5.74, 6) is -1.29. The van der Waals surface area contributed by atoms with Gasteiger partial charge in [-0.1, -0.05) is 53.1 Å². The van der Waals surface area contributed by atoms with Crippen LogP contribution in [0, 0.1) is 5.82 Å². The minimum Gasteiger partial charge on any atom is -0.399 e. The zero-order valence-electron chi connectivity index (χ0n) is 14.9. The molecule has 0 radical (unpaired) electrons. The Morgan fingerprint density at radius 2 is 1.55 bits per heavy atom. The van der Waals surface area contributed by atoms with Crippen molar-refractivity contribution in [3.05, 3.63) is 89.5 Å². The van der Waals surface area contributed by atoms with E-state index in [0.29, 0.717) is 10.7 Å². The summed E-state index contributed by atoms with van der Waals surface area (Å²) >= 11 is 5.90. The summed E-state index contributed by atoms with van der Waals surface area (Å²) in [7, 11) is 0. The van der Waals surface area contributed by atoms with Gasteiger partial charge in [-0.25, -0.2) is 4.39 Å². The van der Waals surface area contributed by atoms with E-state index < -0.39 is 11.7 Å². The quantitative estimate of drug-likeness (QED) is 0.454. The van der Waals surface area contributed by atoms with Crippen molar-refractivity contribution in [1.82, 2.24) is 10.2 Å². The van der Waals surface area contributed by atoms with Crippen molar-refractivity contribution in [3.8, 4) is 11.1 Å². The number of hydrogen-bond donors (Lipinski definition) is 2. The van der Waals surface area contributed by atoms with Crippen LogP contribution in [0.25, 0.3) is 11.1 Å². The molecule has 1 aromatic heterocycles. The fraction of sp³-hybridized carbons (Fsp3) is 0. The molecule has 0 saturated heterocycles. The van der Waals surface area contributed by atoms with Crippen molar-refractivity contribution in [2.45, 2.75) is 0 Å². The number of benzene rings is 3. The number of rotatable bonds is 5. The average molecular weight is 409 g/mol. The van der Waals surface area contributed by atoms with Gasteiger partial charge in [0.2, 0.25) is 0 Å². The maximum absolute atomic E-state index is 13.7. The molecule has 29 heavy (non-hydrogen) atoms. The second-order valence-corrected chi connectivity index (χ2v) is 6.49. The Kier molecular flexibility index (Phi) is 5.22. The van der Waals surface area contributed by atoms with Gasteiger partial charge >= 0.3 is 17.8 Å². The molecule has 1 amide bonds. The van der Waals surface area contributed by atoms with E-state index in [0.717, 1.165) is 11.1 Å². The van der Waals surface area contributed by atoms with E-state index >= 15 is 0 Å². The predicted molar refractivity (Wildman–Crippen MR) is 109 cm³/mol.